The van der Waals surface area contributed by atoms with Crippen molar-refractivity contribution in [3.8, 4) is 0 Å². The number of nitrogens with zero attached hydrogens (tertiary/aromatic N) is 1. The summed E-state index contributed by atoms with van der Waals surface area (Å²) >= 11 is 7.38. The molecule has 2 rings (SSSR count). The topological polar surface area (TPSA) is 32.3 Å². The second-order valence-corrected chi connectivity index (χ2v) is 5.85. The number of nitrogens with one attached hydrogen (secondary N) is 1. The van der Waals surface area contributed by atoms with Crippen LogP contribution in [0.2, 0.25) is 4.34 Å². The van der Waals surface area contributed by atoms with Crippen molar-refractivity contribution < 1.29 is 4.79 Å². The third kappa shape index (κ3) is 3.85. The first kappa shape index (κ1) is 14.8. The van der Waals surface area contributed by atoms with Gasteiger partial charge in [-0.25, -0.2) is 0 Å². The summed E-state index contributed by atoms with van der Waals surface area (Å²) in [7, 11) is 1.84. The van der Waals surface area contributed by atoms with Gasteiger partial charge in [-0.15, -0.1) is 23.7 Å². The van der Waals surface area contributed by atoms with E-state index >= 15 is 0 Å². The number of carbonyl (C=O) groups is 1. The second kappa shape index (κ2) is 6.59. The Kier molecular flexibility index (Phi) is 5.73. The van der Waals surface area contributed by atoms with E-state index in [1.54, 1.807) is 4.90 Å². The van der Waals surface area contributed by atoms with E-state index in [4.69, 9.17) is 11.6 Å². The van der Waals surface area contributed by atoms with Crippen LogP contribution in [-0.4, -0.2) is 30.4 Å². The van der Waals surface area contributed by atoms with Crippen molar-refractivity contribution in [2.75, 3.05) is 13.6 Å². The summed E-state index contributed by atoms with van der Waals surface area (Å²) in [6.45, 7) is 1.60. The Bertz CT molecular complexity index is 377. The number of halogens is 2. The van der Waals surface area contributed by atoms with Crippen molar-refractivity contribution in [3.05, 3.63) is 21.3 Å². The summed E-state index contributed by atoms with van der Waals surface area (Å²) in [5.74, 6) is 0.182. The van der Waals surface area contributed by atoms with Crippen LogP contribution < -0.4 is 5.32 Å². The maximum absolute atomic E-state index is 12.0. The molecule has 1 amide bonds. The molecule has 0 saturated carbocycles. The van der Waals surface area contributed by atoms with Crippen molar-refractivity contribution in [3.63, 3.8) is 0 Å². The fraction of sp³-hybridized carbons (Fsp3) is 0.545. The first-order valence-corrected chi connectivity index (χ1v) is 6.59. The fourth-order valence-corrected chi connectivity index (χ4v) is 3.05. The Morgan fingerprint density at radius 1 is 1.65 bits per heavy atom. The zero-order valence-electron chi connectivity index (χ0n) is 9.61. The van der Waals surface area contributed by atoms with E-state index in [-0.39, 0.29) is 24.4 Å². The van der Waals surface area contributed by atoms with Gasteiger partial charge in [-0.1, -0.05) is 11.6 Å². The first-order valence-electron chi connectivity index (χ1n) is 5.39. The summed E-state index contributed by atoms with van der Waals surface area (Å²) in [5.41, 5.74) is 0. The maximum atomic E-state index is 12.0. The van der Waals surface area contributed by atoms with Gasteiger partial charge in [0.25, 0.3) is 0 Å². The first-order chi connectivity index (χ1) is 7.66. The van der Waals surface area contributed by atoms with E-state index in [2.05, 4.69) is 5.32 Å². The van der Waals surface area contributed by atoms with E-state index in [1.165, 1.54) is 11.3 Å². The number of hydrogen-bond acceptors (Lipinski definition) is 3. The summed E-state index contributed by atoms with van der Waals surface area (Å²) in [5, 5.41) is 3.21. The summed E-state index contributed by atoms with van der Waals surface area (Å²) < 4.78 is 0.773. The molecular formula is C11H16Cl2N2OS. The SMILES string of the molecule is CN(Cc1ccc(Cl)s1)C(=O)C1CCCN1.Cl. The van der Waals surface area contributed by atoms with Crippen LogP contribution in [0.1, 0.15) is 17.7 Å². The molecule has 3 nitrogen and oxygen atoms in total. The van der Waals surface area contributed by atoms with Gasteiger partial charge in [0.1, 0.15) is 0 Å². The number of rotatable bonds is 3. The quantitative estimate of drug-likeness (QED) is 0.929. The molecule has 0 aromatic carbocycles. The van der Waals surface area contributed by atoms with Crippen molar-refractivity contribution in [2.45, 2.75) is 25.4 Å². The van der Waals surface area contributed by atoms with Gasteiger partial charge in [0.15, 0.2) is 0 Å². The van der Waals surface area contributed by atoms with Gasteiger partial charge < -0.3 is 10.2 Å². The Labute approximate surface area is 117 Å². The average Bonchev–Trinajstić information content (AvgIpc) is 2.88. The highest BCUT2D eigenvalue weighted by Crippen LogP contribution is 2.22. The highest BCUT2D eigenvalue weighted by atomic mass is 35.5. The van der Waals surface area contributed by atoms with E-state index in [9.17, 15) is 4.79 Å². The van der Waals surface area contributed by atoms with Crippen LogP contribution in [0, 0.1) is 0 Å². The number of thiophene rings is 1. The molecule has 0 spiro atoms. The molecule has 6 heteroatoms. The van der Waals surface area contributed by atoms with E-state index in [1.807, 2.05) is 19.2 Å². The lowest BCUT2D eigenvalue weighted by molar-refractivity contribution is -0.132. The number of hydrogen-bond donors (Lipinski definition) is 1. The lowest BCUT2D eigenvalue weighted by Crippen LogP contribution is -2.41. The predicted molar refractivity (Wildman–Crippen MR) is 74.1 cm³/mol. The number of amides is 1. The van der Waals surface area contributed by atoms with Gasteiger partial charge in [-0.3, -0.25) is 4.79 Å². The van der Waals surface area contributed by atoms with Crippen molar-refractivity contribution >= 4 is 41.3 Å². The van der Waals surface area contributed by atoms with E-state index in [0.29, 0.717) is 6.54 Å². The van der Waals surface area contributed by atoms with Gasteiger partial charge in [0, 0.05) is 11.9 Å². The molecule has 1 fully saturated rings. The molecule has 0 bridgehead atoms. The van der Waals surface area contributed by atoms with Crippen molar-refractivity contribution in [2.24, 2.45) is 0 Å². The standard InChI is InChI=1S/C11H15ClN2OS.ClH/c1-14(7-8-4-5-10(12)16-8)11(15)9-3-2-6-13-9;/h4-5,9,13H,2-3,6-7H2,1H3;1H. The molecule has 1 aromatic heterocycles. The largest absolute Gasteiger partial charge is 0.339 e. The normalized spacial score (nSPS) is 18.8. The van der Waals surface area contributed by atoms with Gasteiger partial charge in [-0.2, -0.15) is 0 Å². The number of carbonyl (C=O) groups excluding carboxylic acids is 1. The lowest BCUT2D eigenvalue weighted by atomic mass is 10.2. The molecule has 0 radical (unpaired) electrons. The van der Waals surface area contributed by atoms with Gasteiger partial charge in [-0.05, 0) is 31.5 Å². The van der Waals surface area contributed by atoms with Gasteiger partial charge in [0.2, 0.25) is 5.91 Å². The molecule has 17 heavy (non-hydrogen) atoms. The van der Waals surface area contributed by atoms with Crippen LogP contribution >= 0.6 is 35.3 Å². The summed E-state index contributed by atoms with van der Waals surface area (Å²) in [4.78, 5) is 14.9. The summed E-state index contributed by atoms with van der Waals surface area (Å²) in [6.07, 6.45) is 2.05. The van der Waals surface area contributed by atoms with Crippen LogP contribution in [0.4, 0.5) is 0 Å². The minimum absolute atomic E-state index is 0. The van der Waals surface area contributed by atoms with Gasteiger partial charge in [0.05, 0.1) is 16.9 Å². The van der Waals surface area contributed by atoms with Crippen molar-refractivity contribution in [1.29, 1.82) is 0 Å². The molecular weight excluding hydrogens is 279 g/mol. The molecule has 1 aliphatic rings. The van der Waals surface area contributed by atoms with E-state index < -0.39 is 0 Å². The van der Waals surface area contributed by atoms with Crippen LogP contribution in [0.25, 0.3) is 0 Å². The minimum Gasteiger partial charge on any atom is -0.339 e. The Balaban J connectivity index is 0.00000144. The third-order valence-electron chi connectivity index (χ3n) is 2.76. The molecule has 1 atom stereocenters. The Morgan fingerprint density at radius 3 is 2.94 bits per heavy atom. The zero-order valence-corrected chi connectivity index (χ0v) is 12.0. The summed E-state index contributed by atoms with van der Waals surface area (Å²) in [6, 6.07) is 3.85. The van der Waals surface area contributed by atoms with Crippen LogP contribution in [0.5, 0.6) is 0 Å². The monoisotopic (exact) mass is 294 g/mol. The zero-order chi connectivity index (χ0) is 11.5. The Morgan fingerprint density at radius 2 is 2.41 bits per heavy atom. The Hall–Kier alpha value is -0.290. The fourth-order valence-electron chi connectivity index (χ4n) is 1.91. The van der Waals surface area contributed by atoms with Crippen LogP contribution in [0.3, 0.4) is 0 Å². The number of likely N-dealkylation sites (N-methyl/N-ethyl adjacent to an activating group) is 1. The van der Waals surface area contributed by atoms with Crippen LogP contribution in [0.15, 0.2) is 12.1 Å². The molecule has 0 aliphatic carbocycles. The molecule has 96 valence electrons. The average molecular weight is 295 g/mol. The van der Waals surface area contributed by atoms with Gasteiger partial charge >= 0.3 is 0 Å². The predicted octanol–water partition coefficient (Wildman–Crippen LogP) is 2.53. The molecule has 2 heterocycles. The van der Waals surface area contributed by atoms with E-state index in [0.717, 1.165) is 28.6 Å². The van der Waals surface area contributed by atoms with Crippen molar-refractivity contribution in [1.82, 2.24) is 10.2 Å². The van der Waals surface area contributed by atoms with Crippen LogP contribution in [-0.2, 0) is 11.3 Å². The lowest BCUT2D eigenvalue weighted by Gasteiger charge is -2.20. The smallest absolute Gasteiger partial charge is 0.239 e. The molecule has 1 aromatic rings. The third-order valence-corrected chi connectivity index (χ3v) is 3.97. The highest BCUT2D eigenvalue weighted by Gasteiger charge is 2.24. The molecule has 1 aliphatic heterocycles. The minimum atomic E-state index is 0. The maximum Gasteiger partial charge on any atom is 0.239 e. The highest BCUT2D eigenvalue weighted by molar-refractivity contribution is 7.16. The molecule has 1 N–H and O–H groups in total. The molecule has 1 saturated heterocycles. The molecule has 1 unspecified atom stereocenters. The second-order valence-electron chi connectivity index (χ2n) is 4.05.